The average Bonchev–Trinajstić information content (AvgIpc) is 2.87. The Bertz CT molecular complexity index is 807. The van der Waals surface area contributed by atoms with Gasteiger partial charge >= 0.3 is 5.69 Å². The summed E-state index contributed by atoms with van der Waals surface area (Å²) in [5, 5.41) is 9.67. The Kier molecular flexibility index (Phi) is 4.32. The molecule has 120 valence electrons. The molecule has 0 aliphatic rings. The normalized spacial score (nSPS) is 12.0. The Morgan fingerprint density at radius 3 is 2.59 bits per heavy atom. The third-order valence-corrected chi connectivity index (χ3v) is 3.59. The van der Waals surface area contributed by atoms with E-state index in [0.717, 1.165) is 9.13 Å². The van der Waals surface area contributed by atoms with E-state index in [1.807, 2.05) is 0 Å². The standard InChI is InChI=1S/C14H20N4O4/c1-14(2,22)6-4-5-7-18-12(20)10-11(16(3)13(18)21)15-8-17(10)9-19/h8-9,22H,4-7H2,1-3H3. The molecule has 1 N–H and O–H groups in total. The van der Waals surface area contributed by atoms with E-state index in [2.05, 4.69) is 4.98 Å². The first-order chi connectivity index (χ1) is 10.3. The molecule has 22 heavy (non-hydrogen) atoms. The van der Waals surface area contributed by atoms with Gasteiger partial charge in [0.05, 0.1) is 5.60 Å². The fraction of sp³-hybridized carbons (Fsp3) is 0.571. The molecule has 0 radical (unpaired) electrons. The van der Waals surface area contributed by atoms with E-state index >= 15 is 0 Å². The van der Waals surface area contributed by atoms with Crippen molar-refractivity contribution in [2.75, 3.05) is 0 Å². The van der Waals surface area contributed by atoms with Crippen molar-refractivity contribution in [3.05, 3.63) is 27.2 Å². The van der Waals surface area contributed by atoms with Crippen LogP contribution in [0.3, 0.4) is 0 Å². The Hall–Kier alpha value is -2.22. The Morgan fingerprint density at radius 1 is 1.32 bits per heavy atom. The number of hydrogen-bond acceptors (Lipinski definition) is 5. The lowest BCUT2D eigenvalue weighted by molar-refractivity contribution is 0.0678. The summed E-state index contributed by atoms with van der Waals surface area (Å²) in [6, 6.07) is 0. The summed E-state index contributed by atoms with van der Waals surface area (Å²) < 4.78 is 3.44. The molecule has 0 bridgehead atoms. The van der Waals surface area contributed by atoms with E-state index < -0.39 is 16.9 Å². The van der Waals surface area contributed by atoms with Gasteiger partial charge in [-0.1, -0.05) is 0 Å². The van der Waals surface area contributed by atoms with Gasteiger partial charge in [-0.25, -0.2) is 9.78 Å². The number of aliphatic hydroxyl groups is 1. The number of aryl methyl sites for hydroxylation is 1. The molecule has 0 fully saturated rings. The smallest absolute Gasteiger partial charge is 0.332 e. The van der Waals surface area contributed by atoms with Crippen molar-refractivity contribution in [1.82, 2.24) is 18.7 Å². The van der Waals surface area contributed by atoms with Crippen molar-refractivity contribution in [2.24, 2.45) is 7.05 Å². The van der Waals surface area contributed by atoms with Gasteiger partial charge in [-0.05, 0) is 33.1 Å². The second kappa shape index (κ2) is 5.88. The third-order valence-electron chi connectivity index (χ3n) is 3.59. The maximum atomic E-state index is 12.4. The van der Waals surface area contributed by atoms with Gasteiger partial charge in [0.2, 0.25) is 6.41 Å². The lowest BCUT2D eigenvalue weighted by Crippen LogP contribution is -2.39. The summed E-state index contributed by atoms with van der Waals surface area (Å²) in [4.78, 5) is 39.5. The lowest BCUT2D eigenvalue weighted by atomic mass is 10.0. The van der Waals surface area contributed by atoms with Crippen LogP contribution in [0.2, 0.25) is 0 Å². The number of unbranched alkanes of at least 4 members (excludes halogenated alkanes) is 1. The number of carbonyl (C=O) groups excluding carboxylic acids is 1. The Labute approximate surface area is 126 Å². The van der Waals surface area contributed by atoms with Crippen molar-refractivity contribution >= 4 is 17.6 Å². The van der Waals surface area contributed by atoms with Crippen molar-refractivity contribution < 1.29 is 9.90 Å². The van der Waals surface area contributed by atoms with Gasteiger partial charge in [-0.15, -0.1) is 0 Å². The van der Waals surface area contributed by atoms with Crippen LogP contribution in [0, 0.1) is 0 Å². The highest BCUT2D eigenvalue weighted by Crippen LogP contribution is 2.12. The summed E-state index contributed by atoms with van der Waals surface area (Å²) >= 11 is 0. The van der Waals surface area contributed by atoms with Crippen LogP contribution in [0.15, 0.2) is 15.9 Å². The maximum Gasteiger partial charge on any atom is 0.332 e. The first-order valence-corrected chi connectivity index (χ1v) is 7.10. The average molecular weight is 308 g/mol. The molecule has 0 saturated carbocycles. The van der Waals surface area contributed by atoms with E-state index in [0.29, 0.717) is 25.7 Å². The molecule has 0 aliphatic heterocycles. The van der Waals surface area contributed by atoms with E-state index in [-0.39, 0.29) is 17.7 Å². The number of imidazole rings is 1. The molecule has 0 atom stereocenters. The van der Waals surface area contributed by atoms with Crippen LogP contribution in [0.5, 0.6) is 0 Å². The zero-order chi connectivity index (χ0) is 16.5. The van der Waals surface area contributed by atoms with E-state index in [1.54, 1.807) is 13.8 Å². The molecule has 0 spiro atoms. The van der Waals surface area contributed by atoms with E-state index in [1.165, 1.54) is 17.9 Å². The molecule has 8 nitrogen and oxygen atoms in total. The highest BCUT2D eigenvalue weighted by Gasteiger charge is 2.16. The number of hydrogen-bond donors (Lipinski definition) is 1. The van der Waals surface area contributed by atoms with Crippen LogP contribution in [0.1, 0.15) is 33.1 Å². The van der Waals surface area contributed by atoms with Gasteiger partial charge in [0.1, 0.15) is 6.33 Å². The zero-order valence-electron chi connectivity index (χ0n) is 12.9. The van der Waals surface area contributed by atoms with E-state index in [4.69, 9.17) is 0 Å². The number of nitrogens with zero attached hydrogens (tertiary/aromatic N) is 4. The first-order valence-electron chi connectivity index (χ1n) is 7.10. The minimum atomic E-state index is -0.768. The zero-order valence-corrected chi connectivity index (χ0v) is 12.9. The molecule has 2 aromatic heterocycles. The molecule has 0 aliphatic carbocycles. The SMILES string of the molecule is Cn1c(=O)n(CCCCC(C)(C)O)c(=O)c2c1ncn2C=O. The largest absolute Gasteiger partial charge is 0.390 e. The number of fused-ring (bicyclic) bond motifs is 1. The summed E-state index contributed by atoms with van der Waals surface area (Å²) in [5.74, 6) is 0. The monoisotopic (exact) mass is 308 g/mol. The van der Waals surface area contributed by atoms with Gasteiger partial charge in [0.25, 0.3) is 5.56 Å². The molecule has 0 amide bonds. The number of aromatic nitrogens is 4. The Balaban J connectivity index is 2.36. The number of rotatable bonds is 6. The summed E-state index contributed by atoms with van der Waals surface area (Å²) in [5.41, 5.74) is -1.46. The molecule has 0 unspecified atom stereocenters. The van der Waals surface area contributed by atoms with Crippen LogP contribution in [0.25, 0.3) is 11.2 Å². The first kappa shape index (κ1) is 16.2. The lowest BCUT2D eigenvalue weighted by Gasteiger charge is -2.16. The second-order valence-electron chi connectivity index (χ2n) is 6.00. The summed E-state index contributed by atoms with van der Waals surface area (Å²) in [6.07, 6.45) is 3.55. The molecule has 8 heteroatoms. The van der Waals surface area contributed by atoms with Crippen molar-refractivity contribution in [2.45, 2.75) is 45.3 Å². The van der Waals surface area contributed by atoms with Gasteiger partial charge in [-0.3, -0.25) is 23.3 Å². The fourth-order valence-electron chi connectivity index (χ4n) is 2.39. The molecule has 0 saturated heterocycles. The van der Waals surface area contributed by atoms with Crippen LogP contribution >= 0.6 is 0 Å². The maximum absolute atomic E-state index is 12.4. The molecule has 2 aromatic rings. The van der Waals surface area contributed by atoms with Crippen LogP contribution in [-0.4, -0.2) is 35.8 Å². The fourth-order valence-corrected chi connectivity index (χ4v) is 2.39. The van der Waals surface area contributed by atoms with Crippen LogP contribution < -0.4 is 11.2 Å². The third kappa shape index (κ3) is 3.01. The summed E-state index contributed by atoms with van der Waals surface area (Å²) in [7, 11) is 1.51. The van der Waals surface area contributed by atoms with Gasteiger partial charge in [-0.2, -0.15) is 0 Å². The molecular weight excluding hydrogens is 288 g/mol. The quantitative estimate of drug-likeness (QED) is 0.592. The van der Waals surface area contributed by atoms with E-state index in [9.17, 15) is 19.5 Å². The van der Waals surface area contributed by atoms with Gasteiger partial charge < -0.3 is 5.11 Å². The van der Waals surface area contributed by atoms with Crippen LogP contribution in [0.4, 0.5) is 0 Å². The number of carbonyl (C=O) groups is 1. The predicted octanol–water partition coefficient (Wildman–Crippen LogP) is -0.124. The topological polar surface area (TPSA) is 99.1 Å². The Morgan fingerprint density at radius 2 is 2.00 bits per heavy atom. The molecule has 2 rings (SSSR count). The highest BCUT2D eigenvalue weighted by atomic mass is 16.3. The van der Waals surface area contributed by atoms with Crippen molar-refractivity contribution in [3.63, 3.8) is 0 Å². The molecular formula is C14H20N4O4. The van der Waals surface area contributed by atoms with Crippen molar-refractivity contribution in [1.29, 1.82) is 0 Å². The predicted molar refractivity (Wildman–Crippen MR) is 81.5 cm³/mol. The minimum Gasteiger partial charge on any atom is -0.390 e. The molecule has 2 heterocycles. The molecule has 0 aromatic carbocycles. The van der Waals surface area contributed by atoms with Crippen LogP contribution in [-0.2, 0) is 18.4 Å². The van der Waals surface area contributed by atoms with Gasteiger partial charge in [0.15, 0.2) is 11.2 Å². The van der Waals surface area contributed by atoms with Crippen molar-refractivity contribution in [3.8, 4) is 0 Å². The van der Waals surface area contributed by atoms with Gasteiger partial charge in [0, 0.05) is 13.6 Å². The highest BCUT2D eigenvalue weighted by molar-refractivity contribution is 5.77. The summed E-state index contributed by atoms with van der Waals surface area (Å²) in [6.45, 7) is 3.67. The minimum absolute atomic E-state index is 0.0968. The second-order valence-corrected chi connectivity index (χ2v) is 6.00.